The highest BCUT2D eigenvalue weighted by molar-refractivity contribution is 5.91. The Hall–Kier alpha value is -3.61. The summed E-state index contributed by atoms with van der Waals surface area (Å²) in [6.45, 7) is 1.35. The third-order valence-corrected chi connectivity index (χ3v) is 6.82. The second kappa shape index (κ2) is 8.39. The Bertz CT molecular complexity index is 1270. The highest BCUT2D eigenvalue weighted by atomic mass is 16.6. The third kappa shape index (κ3) is 3.77. The van der Waals surface area contributed by atoms with Crippen LogP contribution in [-0.4, -0.2) is 38.4 Å². The standard InChI is InChI=1S/C26H26N4O3/c31-26(22-11-12-23(33-22)32-20-8-2-1-3-9-20)29-16-13-19(14-17-29)30-24(18-6-4-7-18)28-21-10-5-15-27-25(21)30/h1-3,5,8-12,15,18-19H,4,6-7,13-14,16-17H2. The summed E-state index contributed by atoms with van der Waals surface area (Å²) in [7, 11) is 0. The zero-order chi connectivity index (χ0) is 22.2. The molecule has 6 rings (SSSR count). The molecule has 3 aromatic heterocycles. The number of pyridine rings is 1. The van der Waals surface area contributed by atoms with Crippen LogP contribution in [0.5, 0.6) is 11.7 Å². The second-order valence-electron chi connectivity index (χ2n) is 8.87. The second-order valence-corrected chi connectivity index (χ2v) is 8.87. The summed E-state index contributed by atoms with van der Waals surface area (Å²) < 4.78 is 13.8. The lowest BCUT2D eigenvalue weighted by molar-refractivity contribution is 0.0657. The first-order valence-electron chi connectivity index (χ1n) is 11.7. The summed E-state index contributed by atoms with van der Waals surface area (Å²) in [5, 5.41) is 0. The summed E-state index contributed by atoms with van der Waals surface area (Å²) in [6.07, 6.45) is 7.27. The van der Waals surface area contributed by atoms with E-state index in [9.17, 15) is 4.79 Å². The van der Waals surface area contributed by atoms with Crippen LogP contribution in [0.3, 0.4) is 0 Å². The minimum absolute atomic E-state index is 0.0933. The van der Waals surface area contributed by atoms with Crippen LogP contribution >= 0.6 is 0 Å². The monoisotopic (exact) mass is 442 g/mol. The summed E-state index contributed by atoms with van der Waals surface area (Å²) in [6, 6.07) is 17.1. The fraction of sp³-hybridized carbons (Fsp3) is 0.346. The average Bonchev–Trinajstić information content (AvgIpc) is 3.43. The van der Waals surface area contributed by atoms with Gasteiger partial charge in [-0.3, -0.25) is 4.79 Å². The molecule has 7 heteroatoms. The maximum Gasteiger partial charge on any atom is 0.290 e. The van der Waals surface area contributed by atoms with Gasteiger partial charge in [0.05, 0.1) is 0 Å². The van der Waals surface area contributed by atoms with Crippen molar-refractivity contribution in [3.8, 4) is 11.7 Å². The Morgan fingerprint density at radius 3 is 2.55 bits per heavy atom. The number of benzene rings is 1. The topological polar surface area (TPSA) is 73.4 Å². The van der Waals surface area contributed by atoms with Crippen molar-refractivity contribution >= 4 is 17.1 Å². The first-order valence-corrected chi connectivity index (χ1v) is 11.7. The number of carbonyl (C=O) groups excluding carboxylic acids is 1. The first-order chi connectivity index (χ1) is 16.3. The minimum Gasteiger partial charge on any atom is -0.426 e. The summed E-state index contributed by atoms with van der Waals surface area (Å²) >= 11 is 0. The van der Waals surface area contributed by atoms with E-state index in [1.54, 1.807) is 12.1 Å². The van der Waals surface area contributed by atoms with Crippen LogP contribution in [0.2, 0.25) is 0 Å². The zero-order valence-corrected chi connectivity index (χ0v) is 18.4. The first kappa shape index (κ1) is 20.0. The van der Waals surface area contributed by atoms with Gasteiger partial charge in [0.1, 0.15) is 17.1 Å². The number of rotatable bonds is 5. The summed E-state index contributed by atoms with van der Waals surface area (Å²) in [5.41, 5.74) is 1.94. The number of hydrogen-bond donors (Lipinski definition) is 0. The Morgan fingerprint density at radius 1 is 0.970 bits per heavy atom. The van der Waals surface area contributed by atoms with Crippen LogP contribution in [0.4, 0.5) is 0 Å². The molecule has 0 spiro atoms. The molecule has 168 valence electrons. The van der Waals surface area contributed by atoms with Crippen LogP contribution in [0.1, 0.15) is 60.4 Å². The van der Waals surface area contributed by atoms with Crippen molar-refractivity contribution in [1.29, 1.82) is 0 Å². The molecule has 2 aliphatic rings. The van der Waals surface area contributed by atoms with Crippen molar-refractivity contribution in [2.45, 2.75) is 44.1 Å². The largest absolute Gasteiger partial charge is 0.426 e. The molecule has 4 heterocycles. The highest BCUT2D eigenvalue weighted by Gasteiger charge is 2.32. The summed E-state index contributed by atoms with van der Waals surface area (Å²) in [5.74, 6) is 2.92. The molecular formula is C26H26N4O3. The summed E-state index contributed by atoms with van der Waals surface area (Å²) in [4.78, 5) is 24.5. The van der Waals surface area contributed by atoms with Crippen LogP contribution in [-0.2, 0) is 0 Å². The molecular weight excluding hydrogens is 416 g/mol. The fourth-order valence-electron chi connectivity index (χ4n) is 4.84. The van der Waals surface area contributed by atoms with Crippen LogP contribution in [0.15, 0.2) is 65.2 Å². The van der Waals surface area contributed by atoms with Crippen molar-refractivity contribution < 1.29 is 13.9 Å². The van der Waals surface area contributed by atoms with Crippen molar-refractivity contribution in [3.63, 3.8) is 0 Å². The molecule has 1 saturated carbocycles. The van der Waals surface area contributed by atoms with E-state index >= 15 is 0 Å². The maximum atomic E-state index is 13.0. The predicted octanol–water partition coefficient (Wildman–Crippen LogP) is 5.56. The number of ether oxygens (including phenoxy) is 1. The Labute approximate surface area is 192 Å². The molecule has 1 aliphatic heterocycles. The molecule has 0 atom stereocenters. The Balaban J connectivity index is 1.16. The lowest BCUT2D eigenvalue weighted by Crippen LogP contribution is -2.39. The van der Waals surface area contributed by atoms with E-state index in [-0.39, 0.29) is 5.91 Å². The fourth-order valence-corrected chi connectivity index (χ4v) is 4.84. The van der Waals surface area contributed by atoms with Crippen molar-refractivity contribution in [2.24, 2.45) is 0 Å². The Morgan fingerprint density at radius 2 is 1.79 bits per heavy atom. The molecule has 33 heavy (non-hydrogen) atoms. The van der Waals surface area contributed by atoms with E-state index in [4.69, 9.17) is 14.1 Å². The molecule has 4 aromatic rings. The lowest BCUT2D eigenvalue weighted by Gasteiger charge is -2.34. The molecule has 2 fully saturated rings. The van der Waals surface area contributed by atoms with Crippen molar-refractivity contribution in [1.82, 2.24) is 19.4 Å². The SMILES string of the molecule is O=C(c1ccc(Oc2ccccc2)o1)N1CCC(n2c(C3CCC3)nc3cccnc32)CC1. The van der Waals surface area contributed by atoms with Crippen LogP contribution < -0.4 is 4.74 Å². The number of aromatic nitrogens is 3. The molecule has 0 N–H and O–H groups in total. The van der Waals surface area contributed by atoms with Gasteiger partial charge >= 0.3 is 0 Å². The van der Waals surface area contributed by atoms with Gasteiger partial charge in [0, 0.05) is 37.3 Å². The van der Waals surface area contributed by atoms with Gasteiger partial charge in [0.25, 0.3) is 11.9 Å². The quantitative estimate of drug-likeness (QED) is 0.404. The number of furan rings is 1. The number of piperidine rings is 1. The number of carbonyl (C=O) groups is 1. The number of para-hydroxylation sites is 1. The molecule has 1 aromatic carbocycles. The van der Waals surface area contributed by atoms with Gasteiger partial charge < -0.3 is 18.6 Å². The van der Waals surface area contributed by atoms with Crippen LogP contribution in [0.25, 0.3) is 11.2 Å². The average molecular weight is 443 g/mol. The van der Waals surface area contributed by atoms with Gasteiger partial charge in [-0.05, 0) is 56.0 Å². The van der Waals surface area contributed by atoms with E-state index in [1.807, 2.05) is 53.6 Å². The van der Waals surface area contributed by atoms with Gasteiger partial charge in [0.2, 0.25) is 0 Å². The van der Waals surface area contributed by atoms with E-state index in [1.165, 1.54) is 25.1 Å². The Kier molecular flexibility index (Phi) is 5.09. The van der Waals surface area contributed by atoms with Crippen LogP contribution in [0, 0.1) is 0 Å². The zero-order valence-electron chi connectivity index (χ0n) is 18.4. The highest BCUT2D eigenvalue weighted by Crippen LogP contribution is 2.40. The van der Waals surface area contributed by atoms with E-state index in [0.29, 0.717) is 42.5 Å². The minimum atomic E-state index is -0.0933. The number of nitrogens with zero attached hydrogens (tertiary/aromatic N) is 4. The molecule has 0 radical (unpaired) electrons. The number of fused-ring (bicyclic) bond motifs is 1. The van der Waals surface area contributed by atoms with E-state index < -0.39 is 0 Å². The molecule has 7 nitrogen and oxygen atoms in total. The van der Waals surface area contributed by atoms with Gasteiger partial charge in [-0.1, -0.05) is 24.6 Å². The predicted molar refractivity (Wildman–Crippen MR) is 124 cm³/mol. The number of amides is 1. The number of hydrogen-bond acceptors (Lipinski definition) is 5. The third-order valence-electron chi connectivity index (χ3n) is 6.82. The van der Waals surface area contributed by atoms with Gasteiger partial charge in [-0.15, -0.1) is 0 Å². The normalized spacial score (nSPS) is 17.3. The van der Waals surface area contributed by atoms with Gasteiger partial charge in [-0.2, -0.15) is 0 Å². The van der Waals surface area contributed by atoms with E-state index in [2.05, 4.69) is 9.55 Å². The molecule has 0 unspecified atom stereocenters. The van der Waals surface area contributed by atoms with Crippen molar-refractivity contribution in [2.75, 3.05) is 13.1 Å². The molecule has 1 amide bonds. The maximum absolute atomic E-state index is 13.0. The smallest absolute Gasteiger partial charge is 0.290 e. The number of likely N-dealkylation sites (tertiary alicyclic amines) is 1. The van der Waals surface area contributed by atoms with Gasteiger partial charge in [0.15, 0.2) is 11.4 Å². The van der Waals surface area contributed by atoms with Gasteiger partial charge in [-0.25, -0.2) is 9.97 Å². The van der Waals surface area contributed by atoms with E-state index in [0.717, 1.165) is 24.0 Å². The number of imidazole rings is 1. The van der Waals surface area contributed by atoms with Crippen molar-refractivity contribution in [3.05, 3.63) is 72.4 Å². The lowest BCUT2D eigenvalue weighted by atomic mass is 9.84. The molecule has 1 saturated heterocycles. The molecule has 0 bridgehead atoms. The molecule has 1 aliphatic carbocycles.